The normalized spacial score (nSPS) is 21.2. The lowest BCUT2D eigenvalue weighted by atomic mass is 10.00. The Hall–Kier alpha value is -0.870. The minimum absolute atomic E-state index is 0.267. The van der Waals surface area contributed by atoms with Crippen molar-refractivity contribution in [1.82, 2.24) is 19.8 Å². The van der Waals surface area contributed by atoms with Gasteiger partial charge in [0, 0.05) is 57.6 Å². The first-order chi connectivity index (χ1) is 7.59. The number of hydrogen-bond acceptors (Lipinski definition) is 3. The predicted molar refractivity (Wildman–Crippen MR) is 65.4 cm³/mol. The molecule has 1 aromatic heterocycles. The number of nitrogens with zero attached hydrogens (tertiary/aromatic N) is 3. The highest BCUT2D eigenvalue weighted by molar-refractivity contribution is 4.94. The third-order valence-electron chi connectivity index (χ3n) is 3.50. The Kier molecular flexibility index (Phi) is 3.30. The number of nitrogens with one attached hydrogen (secondary N) is 1. The van der Waals surface area contributed by atoms with E-state index in [0.29, 0.717) is 0 Å². The molecule has 1 aliphatic heterocycles. The van der Waals surface area contributed by atoms with E-state index in [1.807, 2.05) is 12.4 Å². The van der Waals surface area contributed by atoms with Crippen LogP contribution in [0.25, 0.3) is 0 Å². The van der Waals surface area contributed by atoms with Gasteiger partial charge in [0.1, 0.15) is 5.82 Å². The molecule has 1 aliphatic rings. The minimum atomic E-state index is 0.267. The highest BCUT2D eigenvalue weighted by atomic mass is 15.2. The molecule has 0 saturated carbocycles. The largest absolute Gasteiger partial charge is 0.338 e. The average molecular weight is 222 g/mol. The Balaban J connectivity index is 1.92. The summed E-state index contributed by atoms with van der Waals surface area (Å²) in [6, 6.07) is 0. The van der Waals surface area contributed by atoms with Crippen molar-refractivity contribution in [3.8, 4) is 0 Å². The Bertz CT molecular complexity index is 343. The molecule has 0 amide bonds. The van der Waals surface area contributed by atoms with E-state index in [1.54, 1.807) is 0 Å². The van der Waals surface area contributed by atoms with E-state index in [-0.39, 0.29) is 5.54 Å². The van der Waals surface area contributed by atoms with Crippen LogP contribution in [0, 0.1) is 0 Å². The van der Waals surface area contributed by atoms with E-state index in [4.69, 9.17) is 0 Å². The zero-order valence-electron chi connectivity index (χ0n) is 10.5. The third-order valence-corrected chi connectivity index (χ3v) is 3.50. The lowest BCUT2D eigenvalue weighted by molar-refractivity contribution is 0.0913. The summed E-state index contributed by atoms with van der Waals surface area (Å²) in [6.45, 7) is 9.02. The van der Waals surface area contributed by atoms with Crippen LogP contribution in [0.1, 0.15) is 19.7 Å². The number of aryl methyl sites for hydroxylation is 1. The number of hydrogen-bond donors (Lipinski definition) is 1. The van der Waals surface area contributed by atoms with Gasteiger partial charge in [-0.15, -0.1) is 0 Å². The van der Waals surface area contributed by atoms with Crippen LogP contribution in [0.15, 0.2) is 12.4 Å². The fraction of sp³-hybridized carbons (Fsp3) is 0.750. The summed E-state index contributed by atoms with van der Waals surface area (Å²) < 4.78 is 2.11. The first kappa shape index (κ1) is 11.6. The second-order valence-corrected chi connectivity index (χ2v) is 5.18. The fourth-order valence-electron chi connectivity index (χ4n) is 2.31. The molecule has 2 rings (SSSR count). The van der Waals surface area contributed by atoms with Gasteiger partial charge in [0.25, 0.3) is 0 Å². The van der Waals surface area contributed by atoms with Crippen LogP contribution in [0.3, 0.4) is 0 Å². The maximum absolute atomic E-state index is 4.37. The summed E-state index contributed by atoms with van der Waals surface area (Å²) in [5.41, 5.74) is 0.267. The van der Waals surface area contributed by atoms with Gasteiger partial charge in [0.15, 0.2) is 0 Å². The summed E-state index contributed by atoms with van der Waals surface area (Å²) in [5.74, 6) is 1.18. The van der Waals surface area contributed by atoms with E-state index < -0.39 is 0 Å². The quantitative estimate of drug-likeness (QED) is 0.815. The van der Waals surface area contributed by atoms with Gasteiger partial charge in [0.05, 0.1) is 0 Å². The molecule has 0 aromatic carbocycles. The average Bonchev–Trinajstić information content (AvgIpc) is 2.62. The molecule has 0 aliphatic carbocycles. The molecule has 0 radical (unpaired) electrons. The maximum atomic E-state index is 4.37. The molecule has 16 heavy (non-hydrogen) atoms. The van der Waals surface area contributed by atoms with Gasteiger partial charge < -0.3 is 9.88 Å². The zero-order chi connectivity index (χ0) is 11.6. The number of piperazine rings is 1. The van der Waals surface area contributed by atoms with Gasteiger partial charge >= 0.3 is 0 Å². The van der Waals surface area contributed by atoms with Gasteiger partial charge in [-0.25, -0.2) is 4.98 Å². The van der Waals surface area contributed by atoms with Crippen molar-refractivity contribution in [3.05, 3.63) is 18.2 Å². The van der Waals surface area contributed by atoms with Crippen molar-refractivity contribution < 1.29 is 0 Å². The lowest BCUT2D eigenvalue weighted by Gasteiger charge is -2.42. The monoisotopic (exact) mass is 222 g/mol. The smallest absolute Gasteiger partial charge is 0.109 e. The molecule has 1 fully saturated rings. The van der Waals surface area contributed by atoms with E-state index in [0.717, 1.165) is 32.6 Å². The topological polar surface area (TPSA) is 33.1 Å². The summed E-state index contributed by atoms with van der Waals surface area (Å²) in [5, 5.41) is 3.45. The van der Waals surface area contributed by atoms with Crippen LogP contribution in [0.2, 0.25) is 0 Å². The van der Waals surface area contributed by atoms with Gasteiger partial charge in [0.2, 0.25) is 0 Å². The summed E-state index contributed by atoms with van der Waals surface area (Å²) in [6.07, 6.45) is 4.92. The van der Waals surface area contributed by atoms with Crippen molar-refractivity contribution in [2.45, 2.75) is 25.8 Å². The number of aromatic nitrogens is 2. The highest BCUT2D eigenvalue weighted by Crippen LogP contribution is 2.16. The summed E-state index contributed by atoms with van der Waals surface area (Å²) >= 11 is 0. The number of imidazole rings is 1. The van der Waals surface area contributed by atoms with Crippen molar-refractivity contribution in [2.75, 3.05) is 26.2 Å². The molecule has 90 valence electrons. The fourth-order valence-corrected chi connectivity index (χ4v) is 2.31. The van der Waals surface area contributed by atoms with Gasteiger partial charge in [-0.1, -0.05) is 0 Å². The molecule has 1 saturated heterocycles. The molecular formula is C12H22N4. The van der Waals surface area contributed by atoms with Crippen LogP contribution in [-0.4, -0.2) is 46.2 Å². The van der Waals surface area contributed by atoms with Crippen molar-refractivity contribution in [3.63, 3.8) is 0 Å². The second kappa shape index (κ2) is 4.55. The maximum Gasteiger partial charge on any atom is 0.109 e. The lowest BCUT2D eigenvalue weighted by Crippen LogP contribution is -2.58. The van der Waals surface area contributed by atoms with Crippen LogP contribution in [0.5, 0.6) is 0 Å². The Morgan fingerprint density at radius 1 is 1.50 bits per heavy atom. The van der Waals surface area contributed by atoms with E-state index in [9.17, 15) is 0 Å². The molecule has 4 heteroatoms. The Morgan fingerprint density at radius 2 is 2.31 bits per heavy atom. The first-order valence-corrected chi connectivity index (χ1v) is 6.01. The van der Waals surface area contributed by atoms with Gasteiger partial charge in [-0.3, -0.25) is 4.90 Å². The molecule has 2 heterocycles. The Labute approximate surface area is 97.7 Å². The van der Waals surface area contributed by atoms with Crippen LogP contribution in [0.4, 0.5) is 0 Å². The summed E-state index contributed by atoms with van der Waals surface area (Å²) in [7, 11) is 2.06. The zero-order valence-corrected chi connectivity index (χ0v) is 10.5. The predicted octanol–water partition coefficient (Wildman–Crippen LogP) is 0.646. The molecular weight excluding hydrogens is 200 g/mol. The molecule has 4 nitrogen and oxygen atoms in total. The van der Waals surface area contributed by atoms with Gasteiger partial charge in [-0.05, 0) is 13.8 Å². The van der Waals surface area contributed by atoms with Crippen molar-refractivity contribution in [2.24, 2.45) is 7.05 Å². The third kappa shape index (κ3) is 2.44. The standard InChI is InChI=1S/C12H22N4/c1-12(2)10-13-5-9-16(12)7-4-11-14-6-8-15(11)3/h6,8,13H,4-5,7,9-10H2,1-3H3. The van der Waals surface area contributed by atoms with E-state index in [1.165, 1.54) is 5.82 Å². The summed E-state index contributed by atoms with van der Waals surface area (Å²) in [4.78, 5) is 6.92. The molecule has 0 atom stereocenters. The van der Waals surface area contributed by atoms with Crippen molar-refractivity contribution >= 4 is 0 Å². The van der Waals surface area contributed by atoms with E-state index >= 15 is 0 Å². The molecule has 0 unspecified atom stereocenters. The molecule has 0 bridgehead atoms. The van der Waals surface area contributed by atoms with Crippen LogP contribution >= 0.6 is 0 Å². The second-order valence-electron chi connectivity index (χ2n) is 5.18. The number of rotatable bonds is 3. The van der Waals surface area contributed by atoms with E-state index in [2.05, 4.69) is 40.7 Å². The first-order valence-electron chi connectivity index (χ1n) is 6.01. The molecule has 1 N–H and O–H groups in total. The highest BCUT2D eigenvalue weighted by Gasteiger charge is 2.28. The molecule has 1 aromatic rings. The van der Waals surface area contributed by atoms with Crippen LogP contribution in [-0.2, 0) is 13.5 Å². The van der Waals surface area contributed by atoms with Crippen molar-refractivity contribution in [1.29, 1.82) is 0 Å². The van der Waals surface area contributed by atoms with Crippen LogP contribution < -0.4 is 5.32 Å². The SMILES string of the molecule is Cn1ccnc1CCN1CCNCC1(C)C. The minimum Gasteiger partial charge on any atom is -0.338 e. The van der Waals surface area contributed by atoms with Gasteiger partial charge in [-0.2, -0.15) is 0 Å². The molecule has 0 spiro atoms. The Morgan fingerprint density at radius 3 is 2.94 bits per heavy atom.